The Morgan fingerprint density at radius 1 is 1.14 bits per heavy atom. The van der Waals surface area contributed by atoms with Gasteiger partial charge in [0.25, 0.3) is 10.0 Å². The van der Waals surface area contributed by atoms with Crippen molar-refractivity contribution >= 4 is 15.7 Å². The van der Waals surface area contributed by atoms with Gasteiger partial charge in [0.2, 0.25) is 5.94 Å². The fraction of sp³-hybridized carbons (Fsp3) is 0.200. The maximum absolute atomic E-state index is 12.2. The molecule has 0 bridgehead atoms. The van der Waals surface area contributed by atoms with Gasteiger partial charge >= 0.3 is 0 Å². The first kappa shape index (κ1) is 13.8. The molecule has 0 N–H and O–H groups in total. The molecule has 0 saturated heterocycles. The molecule has 0 unspecified atom stereocenters. The van der Waals surface area contributed by atoms with Crippen LogP contribution in [0.15, 0.2) is 48.5 Å². The number of methoxy groups -OCH3 is 1. The first-order valence-electron chi connectivity index (χ1n) is 6.45. The van der Waals surface area contributed by atoms with Gasteiger partial charge in [-0.25, -0.2) is 8.42 Å². The van der Waals surface area contributed by atoms with E-state index in [2.05, 4.69) is 0 Å². The molecule has 0 atom stereocenters. The number of fused-ring (bicyclic) bond motifs is 1. The SMILES string of the molecule is COc1ccc(CN2c3ccccc3OCS2(=O)=O)cc1. The van der Waals surface area contributed by atoms with Gasteiger partial charge in [-0.05, 0) is 29.8 Å². The summed E-state index contributed by atoms with van der Waals surface area (Å²) in [6.07, 6.45) is 0. The van der Waals surface area contributed by atoms with Gasteiger partial charge in [0.1, 0.15) is 11.5 Å². The van der Waals surface area contributed by atoms with Crippen LogP contribution in [-0.2, 0) is 16.6 Å². The van der Waals surface area contributed by atoms with E-state index in [0.717, 1.165) is 11.3 Å². The average Bonchev–Trinajstić information content (AvgIpc) is 2.51. The summed E-state index contributed by atoms with van der Waals surface area (Å²) in [6.45, 7) is 0.271. The van der Waals surface area contributed by atoms with Gasteiger partial charge in [0.05, 0.1) is 19.3 Å². The molecule has 21 heavy (non-hydrogen) atoms. The van der Waals surface area contributed by atoms with Crippen molar-refractivity contribution in [2.45, 2.75) is 6.54 Å². The Labute approximate surface area is 123 Å². The number of hydrogen-bond donors (Lipinski definition) is 0. The van der Waals surface area contributed by atoms with Crippen LogP contribution in [0.3, 0.4) is 0 Å². The Kier molecular flexibility index (Phi) is 3.47. The van der Waals surface area contributed by atoms with Crippen LogP contribution in [0.5, 0.6) is 11.5 Å². The second-order valence-corrected chi connectivity index (χ2v) is 6.54. The number of rotatable bonds is 3. The van der Waals surface area contributed by atoms with Crippen LogP contribution in [0.4, 0.5) is 5.69 Å². The summed E-state index contributed by atoms with van der Waals surface area (Å²) in [4.78, 5) is 0. The van der Waals surface area contributed by atoms with Crippen LogP contribution >= 0.6 is 0 Å². The number of hydrogen-bond acceptors (Lipinski definition) is 4. The lowest BCUT2D eigenvalue weighted by Crippen LogP contribution is -2.37. The van der Waals surface area contributed by atoms with Crippen molar-refractivity contribution in [3.63, 3.8) is 0 Å². The van der Waals surface area contributed by atoms with Crippen molar-refractivity contribution in [2.75, 3.05) is 17.4 Å². The van der Waals surface area contributed by atoms with Crippen LogP contribution < -0.4 is 13.8 Å². The molecule has 0 aromatic heterocycles. The Morgan fingerprint density at radius 3 is 2.57 bits per heavy atom. The van der Waals surface area contributed by atoms with E-state index in [1.54, 1.807) is 25.3 Å². The van der Waals surface area contributed by atoms with Crippen LogP contribution in [0.25, 0.3) is 0 Å². The Bertz CT molecular complexity index is 741. The Morgan fingerprint density at radius 2 is 1.86 bits per heavy atom. The van der Waals surface area contributed by atoms with Crippen molar-refractivity contribution in [1.82, 2.24) is 0 Å². The van der Waals surface area contributed by atoms with E-state index in [1.165, 1.54) is 4.31 Å². The van der Waals surface area contributed by atoms with Crippen molar-refractivity contribution < 1.29 is 17.9 Å². The van der Waals surface area contributed by atoms with E-state index in [-0.39, 0.29) is 12.5 Å². The highest BCUT2D eigenvalue weighted by Gasteiger charge is 2.30. The van der Waals surface area contributed by atoms with Crippen LogP contribution in [-0.4, -0.2) is 21.5 Å². The highest BCUT2D eigenvalue weighted by Crippen LogP contribution is 2.35. The van der Waals surface area contributed by atoms with Gasteiger partial charge in [0.15, 0.2) is 0 Å². The fourth-order valence-electron chi connectivity index (χ4n) is 2.22. The summed E-state index contributed by atoms with van der Waals surface area (Å²) in [5, 5.41) is 0. The van der Waals surface area contributed by atoms with Gasteiger partial charge in [0, 0.05) is 0 Å². The summed E-state index contributed by atoms with van der Waals surface area (Å²) in [5.41, 5.74) is 1.45. The number of sulfonamides is 1. The molecular formula is C15H15NO4S. The van der Waals surface area contributed by atoms with Crippen molar-refractivity contribution in [2.24, 2.45) is 0 Å². The van der Waals surface area contributed by atoms with Crippen LogP contribution in [0.1, 0.15) is 5.56 Å². The van der Waals surface area contributed by atoms with E-state index in [0.29, 0.717) is 11.4 Å². The number of nitrogens with zero attached hydrogens (tertiary/aromatic N) is 1. The predicted molar refractivity (Wildman–Crippen MR) is 80.0 cm³/mol. The minimum absolute atomic E-state index is 0.271. The van der Waals surface area contributed by atoms with Gasteiger partial charge in [-0.15, -0.1) is 0 Å². The average molecular weight is 305 g/mol. The van der Waals surface area contributed by atoms with E-state index in [4.69, 9.17) is 9.47 Å². The standard InChI is InChI=1S/C15H15NO4S/c1-19-13-8-6-12(7-9-13)10-16-14-4-2-3-5-15(14)20-11-21(16,17)18/h2-9H,10-11H2,1H3. The topological polar surface area (TPSA) is 55.8 Å². The minimum Gasteiger partial charge on any atom is -0.497 e. The highest BCUT2D eigenvalue weighted by molar-refractivity contribution is 7.92. The van der Waals surface area contributed by atoms with Gasteiger partial charge < -0.3 is 9.47 Å². The molecule has 5 nitrogen and oxygen atoms in total. The molecule has 0 fully saturated rings. The third kappa shape index (κ3) is 2.67. The molecule has 3 rings (SSSR count). The van der Waals surface area contributed by atoms with Crippen molar-refractivity contribution in [1.29, 1.82) is 0 Å². The zero-order valence-electron chi connectivity index (χ0n) is 11.5. The maximum atomic E-state index is 12.2. The second-order valence-electron chi connectivity index (χ2n) is 4.70. The van der Waals surface area contributed by atoms with Crippen LogP contribution in [0.2, 0.25) is 0 Å². The van der Waals surface area contributed by atoms with Crippen LogP contribution in [0, 0.1) is 0 Å². The van der Waals surface area contributed by atoms with Gasteiger partial charge in [-0.3, -0.25) is 4.31 Å². The van der Waals surface area contributed by atoms with E-state index in [1.807, 2.05) is 30.3 Å². The Balaban J connectivity index is 1.95. The molecule has 0 spiro atoms. The lowest BCUT2D eigenvalue weighted by atomic mass is 10.2. The lowest BCUT2D eigenvalue weighted by molar-refractivity contribution is 0.368. The van der Waals surface area contributed by atoms with Gasteiger partial charge in [-0.2, -0.15) is 0 Å². The first-order chi connectivity index (χ1) is 10.1. The molecule has 0 amide bonds. The van der Waals surface area contributed by atoms with E-state index >= 15 is 0 Å². The van der Waals surface area contributed by atoms with Crippen molar-refractivity contribution in [3.05, 3.63) is 54.1 Å². The maximum Gasteiger partial charge on any atom is 0.271 e. The summed E-state index contributed by atoms with van der Waals surface area (Å²) in [7, 11) is -1.88. The molecule has 2 aromatic carbocycles. The minimum atomic E-state index is -3.47. The number of benzene rings is 2. The lowest BCUT2D eigenvalue weighted by Gasteiger charge is -2.30. The molecule has 2 aromatic rings. The smallest absolute Gasteiger partial charge is 0.271 e. The molecule has 110 valence electrons. The quantitative estimate of drug-likeness (QED) is 0.873. The number of para-hydroxylation sites is 2. The summed E-state index contributed by atoms with van der Waals surface area (Å²) in [5.74, 6) is 0.991. The monoisotopic (exact) mass is 305 g/mol. The third-order valence-electron chi connectivity index (χ3n) is 3.32. The van der Waals surface area contributed by atoms with Crippen molar-refractivity contribution in [3.8, 4) is 11.5 Å². The highest BCUT2D eigenvalue weighted by atomic mass is 32.2. The van der Waals surface area contributed by atoms with Gasteiger partial charge in [-0.1, -0.05) is 24.3 Å². The molecule has 1 aliphatic heterocycles. The molecule has 0 saturated carbocycles. The summed E-state index contributed by atoms with van der Waals surface area (Å²) in [6, 6.07) is 14.5. The number of anilines is 1. The zero-order valence-corrected chi connectivity index (χ0v) is 12.3. The molecule has 0 radical (unpaired) electrons. The molecule has 6 heteroatoms. The molecule has 1 heterocycles. The largest absolute Gasteiger partial charge is 0.497 e. The third-order valence-corrected chi connectivity index (χ3v) is 4.73. The second kappa shape index (κ2) is 5.29. The van der Waals surface area contributed by atoms with E-state index in [9.17, 15) is 8.42 Å². The summed E-state index contributed by atoms with van der Waals surface area (Å²) < 4.78 is 36.3. The summed E-state index contributed by atoms with van der Waals surface area (Å²) >= 11 is 0. The fourth-order valence-corrected chi connectivity index (χ4v) is 3.42. The number of ether oxygens (including phenoxy) is 2. The Hall–Kier alpha value is -2.21. The van der Waals surface area contributed by atoms with E-state index < -0.39 is 10.0 Å². The molecular weight excluding hydrogens is 290 g/mol. The molecule has 0 aliphatic carbocycles. The first-order valence-corrected chi connectivity index (χ1v) is 8.06. The molecule has 1 aliphatic rings. The zero-order chi connectivity index (χ0) is 14.9. The predicted octanol–water partition coefficient (Wildman–Crippen LogP) is 2.38. The normalized spacial score (nSPS) is 16.0.